The van der Waals surface area contributed by atoms with E-state index in [9.17, 15) is 4.79 Å². The average molecular weight is 352 g/mol. The van der Waals surface area contributed by atoms with Crippen molar-refractivity contribution in [3.05, 3.63) is 53.6 Å². The van der Waals surface area contributed by atoms with Crippen LogP contribution < -0.4 is 5.32 Å². The molecule has 1 N–H and O–H groups in total. The maximum Gasteiger partial charge on any atom is 0.237 e. The molecule has 0 spiro atoms. The van der Waals surface area contributed by atoms with Crippen LogP contribution in [0.25, 0.3) is 0 Å². The van der Waals surface area contributed by atoms with Gasteiger partial charge in [0.1, 0.15) is 0 Å². The van der Waals surface area contributed by atoms with E-state index in [-0.39, 0.29) is 11.2 Å². The van der Waals surface area contributed by atoms with Gasteiger partial charge in [-0.25, -0.2) is 0 Å². The van der Waals surface area contributed by atoms with Gasteiger partial charge in [0.25, 0.3) is 0 Å². The molecule has 2 aromatic rings. The molecule has 0 aliphatic rings. The van der Waals surface area contributed by atoms with Gasteiger partial charge in [-0.05, 0) is 55.1 Å². The summed E-state index contributed by atoms with van der Waals surface area (Å²) in [5.74, 6) is 0.0284. The Balaban J connectivity index is 2.03. The van der Waals surface area contributed by atoms with Gasteiger partial charge in [0.15, 0.2) is 0 Å². The van der Waals surface area contributed by atoms with Gasteiger partial charge in [-0.15, -0.1) is 23.5 Å². The van der Waals surface area contributed by atoms with Gasteiger partial charge in [0, 0.05) is 20.5 Å². The van der Waals surface area contributed by atoms with E-state index in [2.05, 4.69) is 5.32 Å². The fourth-order valence-corrected chi connectivity index (χ4v) is 3.46. The summed E-state index contributed by atoms with van der Waals surface area (Å²) in [6, 6.07) is 15.5. The monoisotopic (exact) mass is 351 g/mol. The normalized spacial score (nSPS) is 12.0. The van der Waals surface area contributed by atoms with E-state index in [1.54, 1.807) is 23.5 Å². The first-order chi connectivity index (χ1) is 10.6. The zero-order chi connectivity index (χ0) is 15.9. The fourth-order valence-electron chi connectivity index (χ4n) is 1.92. The minimum atomic E-state index is -0.126. The highest BCUT2D eigenvalue weighted by molar-refractivity contribution is 8.00. The Morgan fingerprint density at radius 2 is 1.91 bits per heavy atom. The second-order valence-corrected chi connectivity index (χ2v) is 7.28. The second-order valence-electron chi connectivity index (χ2n) is 4.69. The van der Waals surface area contributed by atoms with Crippen LogP contribution in [0.15, 0.2) is 58.3 Å². The fraction of sp³-hybridized carbons (Fsp3) is 0.235. The van der Waals surface area contributed by atoms with Crippen LogP contribution >= 0.6 is 35.1 Å². The lowest BCUT2D eigenvalue weighted by Crippen LogP contribution is -2.24. The Morgan fingerprint density at radius 1 is 1.18 bits per heavy atom. The molecule has 0 radical (unpaired) electrons. The summed E-state index contributed by atoms with van der Waals surface area (Å²) in [5, 5.41) is 3.58. The van der Waals surface area contributed by atoms with Crippen molar-refractivity contribution in [2.24, 2.45) is 0 Å². The van der Waals surface area contributed by atoms with E-state index in [1.165, 1.54) is 0 Å². The number of benzene rings is 2. The first-order valence-corrected chi connectivity index (χ1v) is 9.47. The highest BCUT2D eigenvalue weighted by Crippen LogP contribution is 2.28. The van der Waals surface area contributed by atoms with Gasteiger partial charge in [-0.1, -0.05) is 24.6 Å². The van der Waals surface area contributed by atoms with E-state index >= 15 is 0 Å². The van der Waals surface area contributed by atoms with Crippen LogP contribution in [0, 0.1) is 0 Å². The minimum Gasteiger partial charge on any atom is -0.325 e. The first kappa shape index (κ1) is 17.3. The number of amides is 1. The Kier molecular flexibility index (Phi) is 6.68. The molecule has 0 heterocycles. The number of carbonyl (C=O) groups excluding carboxylic acids is 1. The van der Waals surface area contributed by atoms with Crippen molar-refractivity contribution in [3.63, 3.8) is 0 Å². The van der Waals surface area contributed by atoms with Crippen molar-refractivity contribution in [1.82, 2.24) is 0 Å². The number of carbonyl (C=O) groups is 1. The molecular formula is C17H18ClNOS2. The molecule has 0 bridgehead atoms. The zero-order valence-corrected chi connectivity index (χ0v) is 14.9. The average Bonchev–Trinajstić information content (AvgIpc) is 2.54. The van der Waals surface area contributed by atoms with Crippen molar-refractivity contribution in [3.8, 4) is 0 Å². The van der Waals surface area contributed by atoms with Gasteiger partial charge in [-0.2, -0.15) is 0 Å². The molecule has 0 saturated heterocycles. The predicted molar refractivity (Wildman–Crippen MR) is 98.2 cm³/mol. The smallest absolute Gasteiger partial charge is 0.237 e. The largest absolute Gasteiger partial charge is 0.325 e. The van der Waals surface area contributed by atoms with Gasteiger partial charge in [-0.3, -0.25) is 4.79 Å². The summed E-state index contributed by atoms with van der Waals surface area (Å²) >= 11 is 9.11. The molecule has 1 atom stereocenters. The van der Waals surface area contributed by atoms with Crippen LogP contribution in [0.5, 0.6) is 0 Å². The number of rotatable bonds is 6. The number of anilines is 1. The van der Waals surface area contributed by atoms with E-state index < -0.39 is 0 Å². The van der Waals surface area contributed by atoms with Crippen molar-refractivity contribution in [2.45, 2.75) is 28.4 Å². The molecule has 116 valence electrons. The van der Waals surface area contributed by atoms with Gasteiger partial charge in [0.05, 0.1) is 5.25 Å². The lowest BCUT2D eigenvalue weighted by Gasteiger charge is -2.15. The van der Waals surface area contributed by atoms with Crippen LogP contribution in [-0.2, 0) is 4.79 Å². The molecule has 0 aromatic heterocycles. The highest BCUT2D eigenvalue weighted by atomic mass is 35.5. The first-order valence-electron chi connectivity index (χ1n) is 6.99. The minimum absolute atomic E-state index is 0.0284. The number of hydrogen-bond acceptors (Lipinski definition) is 3. The van der Waals surface area contributed by atoms with Crippen LogP contribution in [0.2, 0.25) is 5.02 Å². The molecular weight excluding hydrogens is 334 g/mol. The molecule has 0 saturated carbocycles. The summed E-state index contributed by atoms with van der Waals surface area (Å²) in [7, 11) is 0. The molecule has 0 fully saturated rings. The number of hydrogen-bond donors (Lipinski definition) is 1. The second kappa shape index (κ2) is 8.51. The SMILES string of the molecule is CC[C@@H](Sc1ccc(Cl)cc1)C(=O)Nc1cccc(SC)c1. The van der Waals surface area contributed by atoms with Crippen molar-refractivity contribution < 1.29 is 4.79 Å². The van der Waals surface area contributed by atoms with Crippen molar-refractivity contribution >= 4 is 46.7 Å². The predicted octanol–water partition coefficient (Wildman–Crippen LogP) is 5.57. The number of halogens is 1. The van der Waals surface area contributed by atoms with Crippen LogP contribution in [0.1, 0.15) is 13.3 Å². The zero-order valence-electron chi connectivity index (χ0n) is 12.5. The topological polar surface area (TPSA) is 29.1 Å². The Bertz CT molecular complexity index is 631. The third-order valence-corrected chi connectivity index (χ3v) is 5.45. The lowest BCUT2D eigenvalue weighted by molar-refractivity contribution is -0.115. The summed E-state index contributed by atoms with van der Waals surface area (Å²) in [6.45, 7) is 2.02. The Hall–Kier alpha value is -1.10. The highest BCUT2D eigenvalue weighted by Gasteiger charge is 2.18. The molecule has 0 unspecified atom stereocenters. The van der Waals surface area contributed by atoms with Crippen molar-refractivity contribution in [1.29, 1.82) is 0 Å². The van der Waals surface area contributed by atoms with Gasteiger partial charge in [0.2, 0.25) is 5.91 Å². The van der Waals surface area contributed by atoms with E-state index in [0.717, 1.165) is 21.9 Å². The standard InChI is InChI=1S/C17H18ClNOS2/c1-3-16(22-14-9-7-12(18)8-10-14)17(20)19-13-5-4-6-15(11-13)21-2/h4-11,16H,3H2,1-2H3,(H,19,20)/t16-/m1/s1. The lowest BCUT2D eigenvalue weighted by atomic mass is 10.2. The van der Waals surface area contributed by atoms with E-state index in [4.69, 9.17) is 11.6 Å². The van der Waals surface area contributed by atoms with Crippen LogP contribution in [0.3, 0.4) is 0 Å². The molecule has 2 rings (SSSR count). The summed E-state index contributed by atoms with van der Waals surface area (Å²) in [6.07, 6.45) is 2.79. The number of nitrogens with one attached hydrogen (secondary N) is 1. The Labute approximate surface area is 145 Å². The maximum atomic E-state index is 12.4. The van der Waals surface area contributed by atoms with E-state index in [1.807, 2.05) is 61.7 Å². The summed E-state index contributed by atoms with van der Waals surface area (Å²) in [5.41, 5.74) is 0.840. The third kappa shape index (κ3) is 4.97. The molecule has 22 heavy (non-hydrogen) atoms. The maximum absolute atomic E-state index is 12.4. The molecule has 2 aromatic carbocycles. The van der Waals surface area contributed by atoms with E-state index in [0.29, 0.717) is 5.02 Å². The molecule has 0 aliphatic carbocycles. The summed E-state index contributed by atoms with van der Waals surface area (Å²) < 4.78 is 0. The summed E-state index contributed by atoms with van der Waals surface area (Å²) in [4.78, 5) is 14.6. The van der Waals surface area contributed by atoms with Gasteiger partial charge >= 0.3 is 0 Å². The third-order valence-electron chi connectivity index (χ3n) is 3.09. The molecule has 1 amide bonds. The molecule has 0 aliphatic heterocycles. The van der Waals surface area contributed by atoms with Crippen LogP contribution in [0.4, 0.5) is 5.69 Å². The number of thioether (sulfide) groups is 2. The Morgan fingerprint density at radius 3 is 2.55 bits per heavy atom. The van der Waals surface area contributed by atoms with Crippen LogP contribution in [-0.4, -0.2) is 17.4 Å². The quantitative estimate of drug-likeness (QED) is 0.689. The van der Waals surface area contributed by atoms with Crippen molar-refractivity contribution in [2.75, 3.05) is 11.6 Å². The molecule has 5 heteroatoms. The van der Waals surface area contributed by atoms with Gasteiger partial charge < -0.3 is 5.32 Å². The molecule has 2 nitrogen and oxygen atoms in total.